The van der Waals surface area contributed by atoms with E-state index in [1.165, 1.54) is 166 Å². The standard InChI is InChI=1S/3C30H22N4O2P2.6C2H5NO2.6V/c35-13-37-29-32-26-10-8-20-19-4-5-21-17(18(19)6-7-22(20)27(26)33-29)3-1-15-12-24-16(11-23(15)21)2-9-25-28(24)34-30(31-25)38-14-36;35-13-37-29-32-26-8-6-20-19-3-1-15-9-18-12-24-16(2-7-25-28(24)34-30(31-25)38-14-36)10-17(18)11-23(15)21(19)4-5-22(20)27(26)33-29;35-13-37-29-32-26-10-8-20-21(27(26)33-29)4-2-16-11-23-15(12-24(16)20)1-3-17-18-7-9-25-28(22(18)6-5-19(17)23)34-30(31-25)38-14-36;6*1-5-2(3)4;;;;;;/h4-7,11-12,37-38H,1-3,8-10H2,(H,31,34)(H,32,33);4-5,9-12,37-38H,1-3,6-8H2,(H,31,34)(H,32,33);2,4-6,11-12,37-38H,1,3,7-10H2,(H,31,34)(H,32,33);6*1H3,(H2,3,4);;;;;;/q3*-2;;;;;;;6*+2/p-6. The molecule has 150 heavy (non-hydrogen) atoms. The molecule has 0 fully saturated rings. The molecule has 48 heteroatoms. The van der Waals surface area contributed by atoms with Gasteiger partial charge in [-0.3, -0.25) is 28.8 Å². The van der Waals surface area contributed by atoms with E-state index in [0.29, 0.717) is 0 Å². The van der Waals surface area contributed by atoms with Crippen molar-refractivity contribution >= 4 is 190 Å². The third-order valence-corrected chi connectivity index (χ3v) is 29.6. The van der Waals surface area contributed by atoms with Gasteiger partial charge < -0.3 is 121 Å². The molecule has 6 heterocycles. The number of aromatic amines is 6. The summed E-state index contributed by atoms with van der Waals surface area (Å²) < 4.78 is 22.7. The Balaban J connectivity index is 0.000000198. The van der Waals surface area contributed by atoms with Gasteiger partial charge in [-0.1, -0.05) is 84.9 Å². The number of hydrogen-bond acceptors (Lipinski definition) is 24. The molecule has 12 N–H and O–H groups in total. The third kappa shape index (κ3) is 26.4. The second kappa shape index (κ2) is 54.8. The Labute approximate surface area is 942 Å². The molecule has 15 aromatic rings. The van der Waals surface area contributed by atoms with Crippen LogP contribution in [0.4, 0.5) is 28.8 Å². The number of fused-ring (bicyclic) bond motifs is 35. The number of imidazole rings is 6. The van der Waals surface area contributed by atoms with Crippen LogP contribution in [0.5, 0.6) is 0 Å². The van der Waals surface area contributed by atoms with Gasteiger partial charge in [-0.15, -0.1) is 0 Å². The van der Waals surface area contributed by atoms with Crippen molar-refractivity contribution < 1.29 is 197 Å². The second-order valence-corrected chi connectivity index (χ2v) is 39.2. The number of nitrogens with one attached hydrogen (secondary N) is 12. The minimum atomic E-state index is -0.995. The van der Waals surface area contributed by atoms with E-state index in [1.54, 1.807) is 0 Å². The second-order valence-electron chi connectivity index (χ2n) is 33.7. The van der Waals surface area contributed by atoms with Crippen molar-refractivity contribution in [3.63, 3.8) is 0 Å². The van der Waals surface area contributed by atoms with E-state index in [4.69, 9.17) is 64.3 Å². The number of ether oxygens (including phenoxy) is 6. The van der Waals surface area contributed by atoms with Gasteiger partial charge in [-0.25, -0.2) is 66.1 Å². The summed E-state index contributed by atoms with van der Waals surface area (Å²) in [6.45, 7) is 0. The monoisotopic (exact) mass is 2350 g/mol. The van der Waals surface area contributed by atoms with Crippen LogP contribution < -0.4 is 33.4 Å². The molecule has 6 unspecified atom stereocenters. The van der Waals surface area contributed by atoms with Gasteiger partial charge in [-0.2, -0.15) is 51.5 Å². The third-order valence-electron chi connectivity index (χ3n) is 26.2. The van der Waals surface area contributed by atoms with Crippen LogP contribution in [0.1, 0.15) is 101 Å². The molecule has 36 nitrogen and oxygen atoms in total. The van der Waals surface area contributed by atoms with Crippen molar-refractivity contribution in [3.8, 4) is 101 Å². The first kappa shape index (κ1) is 121. The van der Waals surface area contributed by atoms with Crippen LogP contribution in [0.15, 0.2) is 109 Å². The predicted octanol–water partition coefficient (Wildman–Crippen LogP) is 17.8. The van der Waals surface area contributed by atoms with E-state index in [1.807, 2.05) is 36.2 Å². The van der Waals surface area contributed by atoms with Crippen LogP contribution in [0.2, 0.25) is 0 Å². The van der Waals surface area contributed by atoms with Crippen molar-refractivity contribution in [2.45, 2.75) is 116 Å². The number of aryl methyl sites for hydroxylation is 14. The maximum Gasteiger partial charge on any atom is 2.00 e. The number of carbonyl (C=O) groups is 6. The van der Waals surface area contributed by atoms with Crippen molar-refractivity contribution in [2.24, 2.45) is 0 Å². The summed E-state index contributed by atoms with van der Waals surface area (Å²) >= 11 is 0. The van der Waals surface area contributed by atoms with E-state index >= 15 is 0 Å². The first-order valence-corrected chi connectivity index (χ1v) is 51.1. The molecule has 0 saturated carbocycles. The Morgan fingerprint density at radius 3 is 0.760 bits per heavy atom. The molecule has 6 atom stereocenters. The number of benzene rings is 9. The van der Waals surface area contributed by atoms with Gasteiger partial charge in [0.05, 0.1) is 110 Å². The van der Waals surface area contributed by atoms with E-state index in [2.05, 4.69) is 168 Å². The van der Waals surface area contributed by atoms with Gasteiger partial charge in [0.25, 0.3) is 0 Å². The van der Waals surface area contributed by atoms with E-state index in [9.17, 15) is 57.5 Å². The van der Waals surface area contributed by atoms with Crippen LogP contribution in [0.25, 0.3) is 168 Å². The smallest absolute Gasteiger partial charge is 0.632 e. The van der Waals surface area contributed by atoms with Crippen molar-refractivity contribution in [1.82, 2.24) is 59.8 Å². The molecule has 0 bridgehead atoms. The minimum Gasteiger partial charge on any atom is -0.632 e. The molecule has 6 aromatic heterocycles. The summed E-state index contributed by atoms with van der Waals surface area (Å²) in [7, 11) is 6.65. The number of amides is 6. The maximum absolute atomic E-state index is 10.9. The van der Waals surface area contributed by atoms with Gasteiger partial charge in [0.15, 0.2) is 0 Å². The largest absolute Gasteiger partial charge is 2.00 e. The molecule has 0 spiro atoms. The Kier molecular flexibility index (Phi) is 44.1. The summed E-state index contributed by atoms with van der Waals surface area (Å²) in [6.07, 6.45) is 11.5. The molecule has 9 aliphatic rings. The predicted molar refractivity (Wildman–Crippen MR) is 563 cm³/mol. The zero-order chi connectivity index (χ0) is 102. The van der Waals surface area contributed by atoms with Crippen molar-refractivity contribution in [1.29, 1.82) is 0 Å². The number of carbonyl (C=O) groups excluding carboxylic acids is 12. The number of rotatable bonds is 12. The fraction of sp³-hybridized carbons (Fsp3) is 0.235. The molecular weight excluding hydrogens is 2260 g/mol. The quantitative estimate of drug-likeness (QED) is 0.0376. The molecule has 9 aromatic carbocycles. The number of hydrogen-bond donors (Lipinski definition) is 6. The Morgan fingerprint density at radius 1 is 0.227 bits per heavy atom. The van der Waals surface area contributed by atoms with E-state index in [0.717, 1.165) is 260 Å². The van der Waals surface area contributed by atoms with Gasteiger partial charge in [0.1, 0.15) is 0 Å². The van der Waals surface area contributed by atoms with Crippen LogP contribution in [-0.4, -0.2) is 175 Å². The zero-order valence-corrected chi connectivity index (χ0v) is 95.2. The normalized spacial score (nSPS) is 12.9. The van der Waals surface area contributed by atoms with Crippen LogP contribution in [0, 0.1) is 0 Å². The fourth-order valence-electron chi connectivity index (χ4n) is 20.2. The van der Waals surface area contributed by atoms with Crippen LogP contribution in [0.3, 0.4) is 0 Å². The average Bonchev–Trinajstić information content (AvgIpc) is 1.23. The number of aromatic nitrogens is 12. The SMILES string of the molecule is COC([NH-])=O.COC([NH-])=O.COC([NH-])=O.COC([NH-])=O.COC([NH-])=O.COC([NH-])=O.O=[C-]Pc1nc2c([nH]1)CCc1c-2ccc2c1CCc1cc3c4c(ccc3cc1-2)-c1nc(P[C-]=O)[nH]c1CC4.O=[C-]Pc1nc2c([nH]1)CCc1cc3c(cc1-2)CCc1c-3ccc2c3c(ccc12)-c1nc(P[C-]=O)[nH]c1CC3.O=[C-]Pc1nc2c([nH]1)CCc1cc3cc4c(cc3cc1-2)CCc1c-4ccc2c1CCc1[nH]c(P[C-]=O)nc1-2.[V+2].[V+2].[V+2].[V+2].[V+2].[V+2]. The first-order valence-electron chi connectivity index (χ1n) is 45.1. The summed E-state index contributed by atoms with van der Waals surface area (Å²) in [4.78, 5) is 169. The Morgan fingerprint density at radius 2 is 0.420 bits per heavy atom. The van der Waals surface area contributed by atoms with Gasteiger partial charge in [0.2, 0.25) is 36.6 Å². The summed E-state index contributed by atoms with van der Waals surface area (Å²) in [5.41, 5.74) is 84.9. The maximum atomic E-state index is 10.9. The summed E-state index contributed by atoms with van der Waals surface area (Å²) in [5, 5.41) is 7.76. The van der Waals surface area contributed by atoms with E-state index < -0.39 is 36.6 Å². The van der Waals surface area contributed by atoms with Crippen LogP contribution in [-0.2, 0) is 284 Å². The van der Waals surface area contributed by atoms with Crippen molar-refractivity contribution in [3.05, 3.63) is 245 Å². The molecule has 756 valence electrons. The average molecular weight is 2350 g/mol. The molecule has 0 saturated heterocycles. The number of nitrogens with zero attached hydrogens (tertiary/aromatic N) is 6. The molecule has 9 aliphatic carbocycles. The van der Waals surface area contributed by atoms with Gasteiger partial charge >= 0.3 is 111 Å². The zero-order valence-electron chi connectivity index (χ0n) is 80.8. The number of methoxy groups -OCH3 is 6. The molecule has 0 aliphatic heterocycles. The molecular formula is C102H90N18O18P6V6. The van der Waals surface area contributed by atoms with Gasteiger partial charge in [0, 0.05) is 67.5 Å². The molecule has 6 amide bonds. The number of H-pyrrole nitrogens is 6. The fourth-order valence-corrected chi connectivity index (χ4v) is 23.0. The van der Waals surface area contributed by atoms with E-state index in [-0.39, 0.29) is 163 Å². The van der Waals surface area contributed by atoms with Gasteiger partial charge in [-0.05, 0) is 272 Å². The Hall–Kier alpha value is -11.3. The topological polar surface area (TPSA) is 575 Å². The Bertz CT molecular complexity index is 7280. The summed E-state index contributed by atoms with van der Waals surface area (Å²) in [5.74, 6) is 0. The molecule has 6 radical (unpaired) electrons. The molecule has 24 rings (SSSR count). The first-order chi connectivity index (χ1) is 69.7. The minimum absolute atomic E-state index is 0. The van der Waals surface area contributed by atoms with Crippen molar-refractivity contribution in [2.75, 3.05) is 42.7 Å². The van der Waals surface area contributed by atoms with Crippen LogP contribution >= 0.6 is 51.5 Å². The summed E-state index contributed by atoms with van der Waals surface area (Å²) in [6, 6.07) is 53.4.